The number of hydrogen-bond donors (Lipinski definition) is 1. The molecule has 1 unspecified atom stereocenters. The van der Waals surface area contributed by atoms with Crippen molar-refractivity contribution >= 4 is 11.6 Å². The maximum atomic E-state index is 5.83. The second-order valence-electron chi connectivity index (χ2n) is 3.50. The van der Waals surface area contributed by atoms with Crippen LogP contribution in [0.25, 0.3) is 0 Å². The van der Waals surface area contributed by atoms with Crippen molar-refractivity contribution < 1.29 is 4.42 Å². The van der Waals surface area contributed by atoms with Gasteiger partial charge in [0, 0.05) is 18.5 Å². The van der Waals surface area contributed by atoms with Crippen LogP contribution >= 0.6 is 11.6 Å². The monoisotopic (exact) mass is 237 g/mol. The highest BCUT2D eigenvalue weighted by atomic mass is 35.5. The highest BCUT2D eigenvalue weighted by molar-refractivity contribution is 6.30. The summed E-state index contributed by atoms with van der Waals surface area (Å²) < 4.78 is 5.39. The molecular formula is C11H12ClN3O. The highest BCUT2D eigenvalue weighted by Crippen LogP contribution is 2.23. The van der Waals surface area contributed by atoms with E-state index in [4.69, 9.17) is 21.8 Å². The van der Waals surface area contributed by atoms with Crippen LogP contribution in [-0.4, -0.2) is 16.7 Å². The van der Waals surface area contributed by atoms with E-state index in [2.05, 4.69) is 10.2 Å². The minimum Gasteiger partial charge on any atom is -0.425 e. The SMILES string of the molecule is Cc1nnc(C(CN)c2ccc(Cl)cc2)o1. The highest BCUT2D eigenvalue weighted by Gasteiger charge is 2.18. The number of benzene rings is 1. The predicted molar refractivity (Wildman–Crippen MR) is 61.4 cm³/mol. The van der Waals surface area contributed by atoms with Gasteiger partial charge < -0.3 is 10.2 Å². The van der Waals surface area contributed by atoms with E-state index in [0.717, 1.165) is 5.56 Å². The van der Waals surface area contributed by atoms with Gasteiger partial charge in [0.2, 0.25) is 11.8 Å². The number of nitrogens with two attached hydrogens (primary N) is 1. The van der Waals surface area contributed by atoms with Crippen LogP contribution in [-0.2, 0) is 0 Å². The van der Waals surface area contributed by atoms with Crippen molar-refractivity contribution in [1.82, 2.24) is 10.2 Å². The molecule has 0 bridgehead atoms. The van der Waals surface area contributed by atoms with Crippen molar-refractivity contribution in [2.75, 3.05) is 6.54 Å². The molecule has 0 radical (unpaired) electrons. The van der Waals surface area contributed by atoms with Gasteiger partial charge in [-0.1, -0.05) is 23.7 Å². The Hall–Kier alpha value is -1.39. The van der Waals surface area contributed by atoms with E-state index in [-0.39, 0.29) is 5.92 Å². The maximum Gasteiger partial charge on any atom is 0.225 e. The van der Waals surface area contributed by atoms with Crippen molar-refractivity contribution in [2.45, 2.75) is 12.8 Å². The lowest BCUT2D eigenvalue weighted by atomic mass is 9.99. The average Bonchev–Trinajstić information content (AvgIpc) is 2.69. The van der Waals surface area contributed by atoms with Gasteiger partial charge in [-0.05, 0) is 17.7 Å². The summed E-state index contributed by atoms with van der Waals surface area (Å²) in [6.45, 7) is 2.18. The first-order chi connectivity index (χ1) is 7.70. The van der Waals surface area contributed by atoms with E-state index in [0.29, 0.717) is 23.3 Å². The van der Waals surface area contributed by atoms with Crippen LogP contribution in [0, 0.1) is 6.92 Å². The summed E-state index contributed by atoms with van der Waals surface area (Å²) in [6, 6.07) is 7.48. The first-order valence-electron chi connectivity index (χ1n) is 4.96. The number of aryl methyl sites for hydroxylation is 1. The average molecular weight is 238 g/mol. The number of nitrogens with zero attached hydrogens (tertiary/aromatic N) is 2. The van der Waals surface area contributed by atoms with Crippen LogP contribution in [0.1, 0.15) is 23.3 Å². The van der Waals surface area contributed by atoms with Crippen molar-refractivity contribution in [2.24, 2.45) is 5.73 Å². The molecule has 1 aromatic heterocycles. The summed E-state index contributed by atoms with van der Waals surface area (Å²) >= 11 is 5.83. The zero-order valence-electron chi connectivity index (χ0n) is 8.85. The van der Waals surface area contributed by atoms with E-state index in [1.807, 2.05) is 24.3 Å². The lowest BCUT2D eigenvalue weighted by Gasteiger charge is -2.10. The zero-order valence-corrected chi connectivity index (χ0v) is 9.61. The third-order valence-corrected chi connectivity index (χ3v) is 2.60. The van der Waals surface area contributed by atoms with Gasteiger partial charge in [0.05, 0.1) is 5.92 Å². The van der Waals surface area contributed by atoms with Crippen LogP contribution in [0.5, 0.6) is 0 Å². The Balaban J connectivity index is 2.32. The number of aromatic nitrogens is 2. The molecule has 2 rings (SSSR count). The Morgan fingerprint density at radius 2 is 2.00 bits per heavy atom. The number of halogens is 1. The van der Waals surface area contributed by atoms with Crippen LogP contribution in [0.3, 0.4) is 0 Å². The van der Waals surface area contributed by atoms with Crippen molar-refractivity contribution in [3.05, 3.63) is 46.6 Å². The van der Waals surface area contributed by atoms with Gasteiger partial charge in [0.25, 0.3) is 0 Å². The molecule has 84 valence electrons. The van der Waals surface area contributed by atoms with Crippen molar-refractivity contribution in [3.63, 3.8) is 0 Å². The molecule has 1 aromatic carbocycles. The molecule has 0 amide bonds. The Kier molecular flexibility index (Phi) is 3.22. The fourth-order valence-electron chi connectivity index (χ4n) is 1.53. The zero-order chi connectivity index (χ0) is 11.5. The van der Waals surface area contributed by atoms with E-state index in [9.17, 15) is 0 Å². The fraction of sp³-hybridized carbons (Fsp3) is 0.273. The third-order valence-electron chi connectivity index (χ3n) is 2.35. The normalized spacial score (nSPS) is 12.7. The van der Waals surface area contributed by atoms with Gasteiger partial charge in [-0.25, -0.2) is 0 Å². The largest absolute Gasteiger partial charge is 0.425 e. The first-order valence-corrected chi connectivity index (χ1v) is 5.34. The lowest BCUT2D eigenvalue weighted by Crippen LogP contribution is -2.14. The predicted octanol–water partition coefficient (Wildman–Crippen LogP) is 2.12. The molecule has 2 aromatic rings. The van der Waals surface area contributed by atoms with Crippen LogP contribution in [0.4, 0.5) is 0 Å². The second kappa shape index (κ2) is 4.63. The van der Waals surface area contributed by atoms with Gasteiger partial charge in [-0.2, -0.15) is 0 Å². The minimum absolute atomic E-state index is 0.0709. The topological polar surface area (TPSA) is 64.9 Å². The minimum atomic E-state index is -0.0709. The molecule has 0 saturated heterocycles. The molecule has 0 aliphatic heterocycles. The summed E-state index contributed by atoms with van der Waals surface area (Å²) in [5, 5.41) is 8.48. The Morgan fingerprint density at radius 3 is 2.50 bits per heavy atom. The molecule has 2 N–H and O–H groups in total. The summed E-state index contributed by atoms with van der Waals surface area (Å²) in [5.74, 6) is 1.02. The van der Waals surface area contributed by atoms with Crippen molar-refractivity contribution in [1.29, 1.82) is 0 Å². The third kappa shape index (κ3) is 2.23. The molecule has 16 heavy (non-hydrogen) atoms. The molecule has 1 atom stereocenters. The molecule has 0 aliphatic rings. The van der Waals surface area contributed by atoms with E-state index in [1.54, 1.807) is 6.92 Å². The fourth-order valence-corrected chi connectivity index (χ4v) is 1.65. The molecule has 5 heteroatoms. The molecule has 0 fully saturated rings. The van der Waals surface area contributed by atoms with Gasteiger partial charge in [0.15, 0.2) is 0 Å². The van der Waals surface area contributed by atoms with Gasteiger partial charge in [-0.3, -0.25) is 0 Å². The summed E-state index contributed by atoms with van der Waals surface area (Å²) in [4.78, 5) is 0. The first kappa shape index (κ1) is 11.1. The molecule has 4 nitrogen and oxygen atoms in total. The smallest absolute Gasteiger partial charge is 0.225 e. The Labute approximate surface area is 98.4 Å². The van der Waals surface area contributed by atoms with Crippen LogP contribution in [0.2, 0.25) is 5.02 Å². The second-order valence-corrected chi connectivity index (χ2v) is 3.94. The van der Waals surface area contributed by atoms with E-state index >= 15 is 0 Å². The summed E-state index contributed by atoms with van der Waals surface area (Å²) in [6.07, 6.45) is 0. The molecule has 0 aliphatic carbocycles. The van der Waals surface area contributed by atoms with Gasteiger partial charge >= 0.3 is 0 Å². The van der Waals surface area contributed by atoms with Crippen LogP contribution in [0.15, 0.2) is 28.7 Å². The standard InChI is InChI=1S/C11H12ClN3O/c1-7-14-15-11(16-7)10(6-13)8-2-4-9(12)5-3-8/h2-5,10H,6,13H2,1H3. The maximum absolute atomic E-state index is 5.83. The lowest BCUT2D eigenvalue weighted by molar-refractivity contribution is 0.449. The van der Waals surface area contributed by atoms with Gasteiger partial charge in [0.1, 0.15) is 0 Å². The quantitative estimate of drug-likeness (QED) is 0.888. The van der Waals surface area contributed by atoms with Crippen molar-refractivity contribution in [3.8, 4) is 0 Å². The summed E-state index contributed by atoms with van der Waals surface area (Å²) in [5.41, 5.74) is 6.75. The number of rotatable bonds is 3. The molecular weight excluding hydrogens is 226 g/mol. The Morgan fingerprint density at radius 1 is 1.31 bits per heavy atom. The van der Waals surface area contributed by atoms with E-state index in [1.165, 1.54) is 0 Å². The van der Waals surface area contributed by atoms with Crippen LogP contribution < -0.4 is 5.73 Å². The summed E-state index contributed by atoms with van der Waals surface area (Å²) in [7, 11) is 0. The van der Waals surface area contributed by atoms with Gasteiger partial charge in [-0.15, -0.1) is 10.2 Å². The molecule has 0 spiro atoms. The molecule has 1 heterocycles. The Bertz CT molecular complexity index is 466. The van der Waals surface area contributed by atoms with E-state index < -0.39 is 0 Å². The molecule has 0 saturated carbocycles. The number of hydrogen-bond acceptors (Lipinski definition) is 4.